The van der Waals surface area contributed by atoms with Crippen molar-refractivity contribution in [2.45, 2.75) is 39.2 Å². The molecule has 180 valence electrons. The molecule has 6 heterocycles. The predicted octanol–water partition coefficient (Wildman–Crippen LogP) is 4.59. The second-order valence-electron chi connectivity index (χ2n) is 9.60. The highest BCUT2D eigenvalue weighted by molar-refractivity contribution is 5.79. The lowest BCUT2D eigenvalue weighted by molar-refractivity contribution is 0.0871. The predicted molar refractivity (Wildman–Crippen MR) is 132 cm³/mol. The van der Waals surface area contributed by atoms with Crippen LogP contribution in [0.5, 0.6) is 6.01 Å². The summed E-state index contributed by atoms with van der Waals surface area (Å²) < 4.78 is 21.7. The van der Waals surface area contributed by atoms with E-state index in [-0.39, 0.29) is 0 Å². The number of aromatic nitrogens is 5. The maximum Gasteiger partial charge on any atom is 0.318 e. The minimum atomic E-state index is -0.402. The Bertz CT molecular complexity index is 1360. The molecule has 3 aliphatic rings. The number of aryl methyl sites for hydroxylation is 1. The maximum absolute atomic E-state index is 14.0. The Morgan fingerprint density at radius 3 is 2.54 bits per heavy atom. The number of hydrogen-bond acceptors (Lipinski definition) is 6. The van der Waals surface area contributed by atoms with E-state index in [2.05, 4.69) is 44.1 Å². The summed E-state index contributed by atoms with van der Waals surface area (Å²) in [5.74, 6) is 1.63. The first-order chi connectivity index (χ1) is 17.1. The van der Waals surface area contributed by atoms with Crippen LogP contribution in [0.3, 0.4) is 0 Å². The van der Waals surface area contributed by atoms with Gasteiger partial charge in [0.1, 0.15) is 17.2 Å². The van der Waals surface area contributed by atoms with Crippen LogP contribution in [0.2, 0.25) is 0 Å². The van der Waals surface area contributed by atoms with Gasteiger partial charge < -0.3 is 14.2 Å². The minimum Gasteiger partial charge on any atom is -0.464 e. The van der Waals surface area contributed by atoms with Crippen molar-refractivity contribution in [1.29, 1.82) is 0 Å². The molecule has 0 N–H and O–H groups in total. The quantitative estimate of drug-likeness (QED) is 0.409. The van der Waals surface area contributed by atoms with Gasteiger partial charge in [-0.1, -0.05) is 24.3 Å². The van der Waals surface area contributed by atoms with Crippen molar-refractivity contribution in [2.75, 3.05) is 26.2 Å². The number of halogens is 1. The van der Waals surface area contributed by atoms with E-state index in [1.807, 2.05) is 18.4 Å². The zero-order valence-corrected chi connectivity index (χ0v) is 20.1. The molecule has 0 spiro atoms. The average molecular weight is 473 g/mol. The summed E-state index contributed by atoms with van der Waals surface area (Å²) >= 11 is 0. The molecule has 3 fully saturated rings. The number of pyridine rings is 1. The summed E-state index contributed by atoms with van der Waals surface area (Å²) in [5, 5.41) is 0. The monoisotopic (exact) mass is 472 g/mol. The maximum atomic E-state index is 14.0. The van der Waals surface area contributed by atoms with E-state index in [9.17, 15) is 4.39 Å². The fraction of sp³-hybridized carbons (Fsp3) is 0.407. The van der Waals surface area contributed by atoms with Gasteiger partial charge in [-0.3, -0.25) is 4.98 Å². The molecule has 3 aromatic heterocycles. The highest BCUT2D eigenvalue weighted by Crippen LogP contribution is 2.39. The summed E-state index contributed by atoms with van der Waals surface area (Å²) in [7, 11) is 0. The molecule has 0 saturated carbocycles. The molecule has 8 heteroatoms. The van der Waals surface area contributed by atoms with Crippen molar-refractivity contribution >= 4 is 11.2 Å². The molecular formula is C27H29FN6O. The van der Waals surface area contributed by atoms with Gasteiger partial charge in [0.25, 0.3) is 0 Å². The van der Waals surface area contributed by atoms with Gasteiger partial charge in [0.05, 0.1) is 25.0 Å². The first-order valence-corrected chi connectivity index (χ1v) is 12.4. The van der Waals surface area contributed by atoms with Gasteiger partial charge in [-0.15, -0.1) is 0 Å². The topological polar surface area (TPSA) is 69.0 Å². The van der Waals surface area contributed by atoms with Crippen molar-refractivity contribution in [3.63, 3.8) is 0 Å². The van der Waals surface area contributed by atoms with E-state index in [0.717, 1.165) is 17.2 Å². The normalized spacial score (nSPS) is 21.5. The van der Waals surface area contributed by atoms with Gasteiger partial charge in [0.2, 0.25) is 0 Å². The number of rotatable bonds is 6. The van der Waals surface area contributed by atoms with Crippen LogP contribution >= 0.6 is 0 Å². The number of benzene rings is 1. The molecule has 7 nitrogen and oxygen atoms in total. The summed E-state index contributed by atoms with van der Waals surface area (Å²) in [5.41, 5.74) is 5.22. The summed E-state index contributed by atoms with van der Waals surface area (Å²) in [4.78, 5) is 20.5. The summed E-state index contributed by atoms with van der Waals surface area (Å²) in [6, 6.07) is 10.7. The smallest absolute Gasteiger partial charge is 0.318 e. The van der Waals surface area contributed by atoms with Gasteiger partial charge in [0.15, 0.2) is 5.65 Å². The van der Waals surface area contributed by atoms with Crippen LogP contribution in [0.15, 0.2) is 42.7 Å². The molecule has 3 aliphatic heterocycles. The number of imidazole rings is 1. The largest absolute Gasteiger partial charge is 0.464 e. The van der Waals surface area contributed by atoms with E-state index in [1.54, 1.807) is 6.20 Å². The number of hydrogen-bond donors (Lipinski definition) is 0. The molecule has 0 unspecified atom stereocenters. The van der Waals surface area contributed by atoms with Crippen molar-refractivity contribution in [3.8, 4) is 17.4 Å². The molecule has 35 heavy (non-hydrogen) atoms. The molecule has 4 aromatic rings. The Morgan fingerprint density at radius 1 is 1.06 bits per heavy atom. The van der Waals surface area contributed by atoms with E-state index >= 15 is 0 Å². The van der Waals surface area contributed by atoms with Gasteiger partial charge in [-0.05, 0) is 68.8 Å². The van der Waals surface area contributed by atoms with Crippen LogP contribution in [0.4, 0.5) is 4.39 Å². The van der Waals surface area contributed by atoms with E-state index in [1.165, 1.54) is 50.3 Å². The Labute approximate surface area is 204 Å². The van der Waals surface area contributed by atoms with E-state index in [4.69, 9.17) is 9.72 Å². The van der Waals surface area contributed by atoms with E-state index < -0.39 is 5.82 Å². The van der Waals surface area contributed by atoms with Crippen molar-refractivity contribution < 1.29 is 9.13 Å². The lowest BCUT2D eigenvalue weighted by atomic mass is 9.75. The molecule has 0 radical (unpaired) electrons. The first kappa shape index (κ1) is 22.1. The number of fused-ring (bicyclic) bond motifs is 4. The Balaban J connectivity index is 1.39. The summed E-state index contributed by atoms with van der Waals surface area (Å²) in [6.07, 6.45) is 5.44. The molecule has 1 atom stereocenters. The Morgan fingerprint density at radius 2 is 1.86 bits per heavy atom. The molecular weight excluding hydrogens is 443 g/mol. The highest BCUT2D eigenvalue weighted by Gasteiger charge is 2.34. The van der Waals surface area contributed by atoms with Gasteiger partial charge >= 0.3 is 6.01 Å². The molecule has 2 bridgehead atoms. The Hall–Kier alpha value is -3.39. The fourth-order valence-corrected chi connectivity index (χ4v) is 5.61. The van der Waals surface area contributed by atoms with Gasteiger partial charge in [-0.2, -0.15) is 9.97 Å². The second kappa shape index (κ2) is 9.00. The number of nitrogens with zero attached hydrogens (tertiary/aromatic N) is 6. The zero-order valence-electron chi connectivity index (χ0n) is 20.1. The summed E-state index contributed by atoms with van der Waals surface area (Å²) in [6.45, 7) is 8.47. The molecule has 7 rings (SSSR count). The van der Waals surface area contributed by atoms with Crippen LogP contribution in [-0.4, -0.2) is 55.6 Å². The number of ether oxygens (including phenoxy) is 1. The van der Waals surface area contributed by atoms with Gasteiger partial charge in [-0.25, -0.2) is 9.37 Å². The minimum absolute atomic E-state index is 0.320. The van der Waals surface area contributed by atoms with Crippen LogP contribution in [0, 0.1) is 18.7 Å². The standard InChI is InChI=1S/C27H29FN6O/c1-3-35-27-30-17(2)24-26(32-27)34(25(31-24)21-12-22(28)14-29-13-21)15-18-4-6-19(7-5-18)23-16-33-10-8-20(23)9-11-33/h4-7,12-14,20,23H,3,8-11,15-16H2,1-2H3/t23-/m0/s1. The van der Waals surface area contributed by atoms with Crippen LogP contribution in [0.1, 0.15) is 42.5 Å². The third kappa shape index (κ3) is 4.16. The van der Waals surface area contributed by atoms with Crippen molar-refractivity contribution in [3.05, 3.63) is 65.4 Å². The fourth-order valence-electron chi connectivity index (χ4n) is 5.61. The van der Waals surface area contributed by atoms with Crippen LogP contribution in [-0.2, 0) is 6.54 Å². The zero-order chi connectivity index (χ0) is 23.9. The third-order valence-corrected chi connectivity index (χ3v) is 7.39. The van der Waals surface area contributed by atoms with Crippen molar-refractivity contribution in [1.82, 2.24) is 29.4 Å². The Kier molecular flexibility index (Phi) is 5.68. The van der Waals surface area contributed by atoms with Crippen LogP contribution in [0.25, 0.3) is 22.6 Å². The molecule has 0 amide bonds. The first-order valence-electron chi connectivity index (χ1n) is 12.4. The molecule has 1 aromatic carbocycles. The highest BCUT2D eigenvalue weighted by atomic mass is 19.1. The molecule has 0 aliphatic carbocycles. The average Bonchev–Trinajstić information content (AvgIpc) is 3.24. The van der Waals surface area contributed by atoms with Gasteiger partial charge in [0, 0.05) is 18.3 Å². The lowest BCUT2D eigenvalue weighted by Crippen LogP contribution is -2.46. The number of piperidine rings is 3. The van der Waals surface area contributed by atoms with Crippen LogP contribution < -0.4 is 4.74 Å². The van der Waals surface area contributed by atoms with E-state index in [0.29, 0.717) is 47.6 Å². The lowest BCUT2D eigenvalue weighted by Gasteiger charge is -2.45. The SMILES string of the molecule is CCOc1nc(C)c2nc(-c3cncc(F)c3)n(Cc3ccc([C@@H]4CN5CCC4CC5)cc3)c2n1. The third-order valence-electron chi connectivity index (χ3n) is 7.39. The molecule has 3 saturated heterocycles. The second-order valence-corrected chi connectivity index (χ2v) is 9.60. The van der Waals surface area contributed by atoms with Crippen molar-refractivity contribution in [2.24, 2.45) is 5.92 Å².